The topological polar surface area (TPSA) is 78.9 Å². The molecule has 22 heavy (non-hydrogen) atoms. The number of urea groups is 1. The van der Waals surface area contributed by atoms with Gasteiger partial charge >= 0.3 is 12.0 Å². The Hall–Kier alpha value is -2.24. The van der Waals surface area contributed by atoms with Gasteiger partial charge in [-0.1, -0.05) is 12.1 Å². The Balaban J connectivity index is 1.91. The lowest BCUT2D eigenvalue weighted by Crippen LogP contribution is -2.46. The molecular formula is C16H22N2O4. The SMILES string of the molecule is COc1cc(CNC(=O)N2CCCC(C(=O)O)C2)ccc1C. The number of benzene rings is 1. The lowest BCUT2D eigenvalue weighted by Gasteiger charge is -2.30. The van der Waals surface area contributed by atoms with Crippen LogP contribution in [0, 0.1) is 12.8 Å². The molecule has 6 nitrogen and oxygen atoms in total. The molecule has 1 aliphatic rings. The Morgan fingerprint density at radius 2 is 2.23 bits per heavy atom. The highest BCUT2D eigenvalue weighted by Gasteiger charge is 2.27. The average molecular weight is 306 g/mol. The summed E-state index contributed by atoms with van der Waals surface area (Å²) in [7, 11) is 1.62. The van der Waals surface area contributed by atoms with Gasteiger partial charge in [0.2, 0.25) is 0 Å². The number of carbonyl (C=O) groups is 2. The van der Waals surface area contributed by atoms with Gasteiger partial charge < -0.3 is 20.1 Å². The first-order valence-corrected chi connectivity index (χ1v) is 7.40. The molecule has 2 amide bonds. The number of amides is 2. The standard InChI is InChI=1S/C16H22N2O4/c1-11-5-6-12(8-14(11)22-2)9-17-16(21)18-7-3-4-13(10-18)15(19)20/h5-6,8,13H,3-4,7,9-10H2,1-2H3,(H,17,21)(H,19,20). The zero-order valence-corrected chi connectivity index (χ0v) is 13.0. The molecule has 1 aliphatic heterocycles. The minimum Gasteiger partial charge on any atom is -0.496 e. The fourth-order valence-electron chi connectivity index (χ4n) is 2.63. The van der Waals surface area contributed by atoms with Crippen LogP contribution in [0.2, 0.25) is 0 Å². The van der Waals surface area contributed by atoms with Crippen LogP contribution < -0.4 is 10.1 Å². The van der Waals surface area contributed by atoms with Gasteiger partial charge in [0, 0.05) is 19.6 Å². The number of likely N-dealkylation sites (tertiary alicyclic amines) is 1. The number of hydrogen-bond acceptors (Lipinski definition) is 3. The summed E-state index contributed by atoms with van der Waals surface area (Å²) >= 11 is 0. The number of rotatable bonds is 4. The van der Waals surface area contributed by atoms with E-state index < -0.39 is 11.9 Å². The number of carboxylic acid groups (broad SMARTS) is 1. The van der Waals surface area contributed by atoms with Gasteiger partial charge in [0.1, 0.15) is 5.75 Å². The lowest BCUT2D eigenvalue weighted by molar-refractivity contribution is -0.143. The van der Waals surface area contributed by atoms with Crippen molar-refractivity contribution in [2.45, 2.75) is 26.3 Å². The Morgan fingerprint density at radius 3 is 2.91 bits per heavy atom. The normalized spacial score (nSPS) is 17.9. The molecule has 1 saturated heterocycles. The summed E-state index contributed by atoms with van der Waals surface area (Å²) in [5, 5.41) is 11.9. The van der Waals surface area contributed by atoms with Gasteiger partial charge in [-0.15, -0.1) is 0 Å². The van der Waals surface area contributed by atoms with E-state index in [1.807, 2.05) is 25.1 Å². The van der Waals surface area contributed by atoms with Crippen LogP contribution in [-0.2, 0) is 11.3 Å². The molecule has 2 rings (SSSR count). The third kappa shape index (κ3) is 3.90. The van der Waals surface area contributed by atoms with E-state index in [-0.39, 0.29) is 12.6 Å². The van der Waals surface area contributed by atoms with Crippen LogP contribution in [0.5, 0.6) is 5.75 Å². The van der Waals surface area contributed by atoms with Crippen molar-refractivity contribution >= 4 is 12.0 Å². The molecule has 0 bridgehead atoms. The number of carboxylic acids is 1. The van der Waals surface area contributed by atoms with Crippen molar-refractivity contribution in [3.8, 4) is 5.75 Å². The third-order valence-electron chi connectivity index (χ3n) is 3.97. The van der Waals surface area contributed by atoms with E-state index in [1.54, 1.807) is 12.0 Å². The number of nitrogens with zero attached hydrogens (tertiary/aromatic N) is 1. The Kier molecular flexibility index (Phi) is 5.25. The first-order chi connectivity index (χ1) is 10.5. The van der Waals surface area contributed by atoms with Crippen LogP contribution in [0.15, 0.2) is 18.2 Å². The van der Waals surface area contributed by atoms with Gasteiger partial charge in [0.05, 0.1) is 13.0 Å². The zero-order valence-electron chi connectivity index (χ0n) is 13.0. The number of carbonyl (C=O) groups excluding carboxylic acids is 1. The molecule has 1 aromatic carbocycles. The van der Waals surface area contributed by atoms with Crippen LogP contribution >= 0.6 is 0 Å². The predicted octanol–water partition coefficient (Wildman–Crippen LogP) is 2.01. The minimum absolute atomic E-state index is 0.217. The molecular weight excluding hydrogens is 284 g/mol. The quantitative estimate of drug-likeness (QED) is 0.892. The van der Waals surface area contributed by atoms with Crippen molar-refractivity contribution < 1.29 is 19.4 Å². The highest BCUT2D eigenvalue weighted by atomic mass is 16.5. The Bertz CT molecular complexity index is 559. The molecule has 1 aromatic rings. The van der Waals surface area contributed by atoms with Crippen LogP contribution in [0.1, 0.15) is 24.0 Å². The summed E-state index contributed by atoms with van der Waals surface area (Å²) < 4.78 is 5.26. The number of piperidine rings is 1. The van der Waals surface area contributed by atoms with Gasteiger partial charge in [-0.25, -0.2) is 4.79 Å². The third-order valence-corrected chi connectivity index (χ3v) is 3.97. The molecule has 1 unspecified atom stereocenters. The molecule has 0 aromatic heterocycles. The predicted molar refractivity (Wildman–Crippen MR) is 81.9 cm³/mol. The first kappa shape index (κ1) is 16.1. The summed E-state index contributed by atoms with van der Waals surface area (Å²) in [4.78, 5) is 24.8. The van der Waals surface area contributed by atoms with Gasteiger partial charge in [0.25, 0.3) is 0 Å². The van der Waals surface area contributed by atoms with E-state index in [1.165, 1.54) is 0 Å². The number of aryl methyl sites for hydroxylation is 1. The van der Waals surface area contributed by atoms with E-state index >= 15 is 0 Å². The Labute approximate surface area is 130 Å². The van der Waals surface area contributed by atoms with Crippen molar-refractivity contribution in [3.05, 3.63) is 29.3 Å². The molecule has 0 spiro atoms. The average Bonchev–Trinajstić information content (AvgIpc) is 2.53. The summed E-state index contributed by atoms with van der Waals surface area (Å²) in [6, 6.07) is 5.56. The van der Waals surface area contributed by atoms with Crippen molar-refractivity contribution in [1.29, 1.82) is 0 Å². The monoisotopic (exact) mass is 306 g/mol. The van der Waals surface area contributed by atoms with Gasteiger partial charge in [-0.05, 0) is 37.0 Å². The molecule has 1 atom stereocenters. The second kappa shape index (κ2) is 7.15. The zero-order chi connectivity index (χ0) is 16.1. The second-order valence-corrected chi connectivity index (χ2v) is 5.59. The number of aliphatic carboxylic acids is 1. The van der Waals surface area contributed by atoms with E-state index in [0.717, 1.165) is 23.3 Å². The molecule has 2 N–H and O–H groups in total. The molecule has 1 heterocycles. The first-order valence-electron chi connectivity index (χ1n) is 7.40. The van der Waals surface area contributed by atoms with E-state index in [4.69, 9.17) is 9.84 Å². The maximum atomic E-state index is 12.2. The molecule has 0 radical (unpaired) electrons. The lowest BCUT2D eigenvalue weighted by atomic mass is 9.99. The van der Waals surface area contributed by atoms with Crippen molar-refractivity contribution in [2.24, 2.45) is 5.92 Å². The Morgan fingerprint density at radius 1 is 1.45 bits per heavy atom. The summed E-state index contributed by atoms with van der Waals surface area (Å²) in [5.41, 5.74) is 1.99. The van der Waals surface area contributed by atoms with Gasteiger partial charge in [0.15, 0.2) is 0 Å². The summed E-state index contributed by atoms with van der Waals surface area (Å²) in [5.74, 6) is -0.504. The van der Waals surface area contributed by atoms with Crippen LogP contribution in [0.3, 0.4) is 0 Å². The van der Waals surface area contributed by atoms with Crippen LogP contribution in [-0.4, -0.2) is 42.2 Å². The second-order valence-electron chi connectivity index (χ2n) is 5.59. The summed E-state index contributed by atoms with van der Waals surface area (Å²) in [6.45, 7) is 3.23. The highest BCUT2D eigenvalue weighted by Crippen LogP contribution is 2.19. The van der Waals surface area contributed by atoms with Crippen molar-refractivity contribution in [1.82, 2.24) is 10.2 Å². The van der Waals surface area contributed by atoms with Crippen LogP contribution in [0.4, 0.5) is 4.79 Å². The summed E-state index contributed by atoms with van der Waals surface area (Å²) in [6.07, 6.45) is 1.36. The number of hydrogen-bond donors (Lipinski definition) is 2. The molecule has 0 aliphatic carbocycles. The van der Waals surface area contributed by atoms with Crippen LogP contribution in [0.25, 0.3) is 0 Å². The molecule has 0 saturated carbocycles. The number of nitrogens with one attached hydrogen (secondary N) is 1. The number of ether oxygens (including phenoxy) is 1. The van der Waals surface area contributed by atoms with Crippen molar-refractivity contribution in [3.63, 3.8) is 0 Å². The van der Waals surface area contributed by atoms with Gasteiger partial charge in [-0.3, -0.25) is 4.79 Å². The molecule has 1 fully saturated rings. The molecule has 120 valence electrons. The maximum Gasteiger partial charge on any atom is 0.317 e. The van der Waals surface area contributed by atoms with E-state index in [0.29, 0.717) is 19.5 Å². The van der Waals surface area contributed by atoms with Crippen molar-refractivity contribution in [2.75, 3.05) is 20.2 Å². The molecule has 6 heteroatoms. The highest BCUT2D eigenvalue weighted by molar-refractivity contribution is 5.76. The smallest absolute Gasteiger partial charge is 0.317 e. The largest absolute Gasteiger partial charge is 0.496 e. The fourth-order valence-corrected chi connectivity index (χ4v) is 2.63. The van der Waals surface area contributed by atoms with E-state index in [9.17, 15) is 9.59 Å². The van der Waals surface area contributed by atoms with Gasteiger partial charge in [-0.2, -0.15) is 0 Å². The van der Waals surface area contributed by atoms with E-state index in [2.05, 4.69) is 5.32 Å². The fraction of sp³-hybridized carbons (Fsp3) is 0.500. The number of methoxy groups -OCH3 is 1. The maximum absolute atomic E-state index is 12.2. The minimum atomic E-state index is -0.833.